The van der Waals surface area contributed by atoms with Crippen molar-refractivity contribution >= 4 is 11.6 Å². The third-order valence-electron chi connectivity index (χ3n) is 2.76. The molecule has 0 atom stereocenters. The second kappa shape index (κ2) is 5.87. The lowest BCUT2D eigenvalue weighted by molar-refractivity contribution is 0.414. The third-order valence-corrected chi connectivity index (χ3v) is 3.04. The molecule has 2 rings (SSSR count). The zero-order valence-corrected chi connectivity index (χ0v) is 11.3. The number of rotatable bonds is 5. The van der Waals surface area contributed by atoms with Crippen molar-refractivity contribution in [3.63, 3.8) is 0 Å². The number of hydrogen-bond acceptors (Lipinski definition) is 3. The first-order valence-electron chi connectivity index (χ1n) is 5.95. The van der Waals surface area contributed by atoms with E-state index in [1.807, 2.05) is 28.8 Å². The predicted octanol–water partition coefficient (Wildman–Crippen LogP) is 2.94. The Kier molecular flexibility index (Phi) is 4.20. The van der Waals surface area contributed by atoms with Gasteiger partial charge in [0.2, 0.25) is 5.28 Å². The fourth-order valence-electron chi connectivity index (χ4n) is 1.79. The molecule has 0 N–H and O–H groups in total. The Morgan fingerprint density at radius 1 is 1.22 bits per heavy atom. The maximum Gasteiger partial charge on any atom is 0.225 e. The summed E-state index contributed by atoms with van der Waals surface area (Å²) in [5.41, 5.74) is 1.15. The number of nitrogens with zero attached hydrogens (tertiary/aromatic N) is 3. The van der Waals surface area contributed by atoms with Gasteiger partial charge in [0.1, 0.15) is 11.6 Å². The molecule has 0 unspecified atom stereocenters. The van der Waals surface area contributed by atoms with Crippen LogP contribution >= 0.6 is 11.6 Å². The van der Waals surface area contributed by atoms with Gasteiger partial charge in [0.05, 0.1) is 13.7 Å². The van der Waals surface area contributed by atoms with Crippen LogP contribution in [-0.4, -0.2) is 21.9 Å². The Morgan fingerprint density at radius 2 is 1.94 bits per heavy atom. The molecule has 1 aromatic heterocycles. The average molecular weight is 266 g/mol. The summed E-state index contributed by atoms with van der Waals surface area (Å²) in [6.07, 6.45) is 1.91. The molecular formula is C13H16ClN3O. The molecule has 1 heterocycles. The number of hydrogen-bond donors (Lipinski definition) is 0. The Balaban J connectivity index is 2.19. The summed E-state index contributed by atoms with van der Waals surface area (Å²) in [5.74, 6) is 1.78. The molecule has 0 aliphatic heterocycles. The summed E-state index contributed by atoms with van der Waals surface area (Å²) >= 11 is 6.05. The summed E-state index contributed by atoms with van der Waals surface area (Å²) in [6.45, 7) is 2.80. The van der Waals surface area contributed by atoms with Crippen LogP contribution in [0.2, 0.25) is 5.28 Å². The fraction of sp³-hybridized carbons (Fsp3) is 0.385. The highest BCUT2D eigenvalue weighted by atomic mass is 35.5. The van der Waals surface area contributed by atoms with Crippen LogP contribution in [0.15, 0.2) is 24.3 Å². The molecule has 0 saturated carbocycles. The topological polar surface area (TPSA) is 39.9 Å². The van der Waals surface area contributed by atoms with Crippen LogP contribution < -0.4 is 4.74 Å². The van der Waals surface area contributed by atoms with Gasteiger partial charge < -0.3 is 4.74 Å². The lowest BCUT2D eigenvalue weighted by Crippen LogP contribution is -2.05. The van der Waals surface area contributed by atoms with E-state index in [4.69, 9.17) is 16.3 Å². The first-order valence-corrected chi connectivity index (χ1v) is 6.33. The molecule has 2 aromatic rings. The van der Waals surface area contributed by atoms with Gasteiger partial charge in [0.15, 0.2) is 0 Å². The van der Waals surface area contributed by atoms with Gasteiger partial charge >= 0.3 is 0 Å². The van der Waals surface area contributed by atoms with Crippen LogP contribution in [0.1, 0.15) is 24.7 Å². The van der Waals surface area contributed by atoms with Gasteiger partial charge in [-0.1, -0.05) is 19.1 Å². The highest BCUT2D eigenvalue weighted by molar-refractivity contribution is 6.28. The van der Waals surface area contributed by atoms with Gasteiger partial charge in [-0.15, -0.1) is 10.2 Å². The van der Waals surface area contributed by atoms with Crippen molar-refractivity contribution in [1.29, 1.82) is 0 Å². The molecule has 0 amide bonds. The van der Waals surface area contributed by atoms with E-state index in [9.17, 15) is 0 Å². The zero-order chi connectivity index (χ0) is 13.0. The predicted molar refractivity (Wildman–Crippen MR) is 71.1 cm³/mol. The van der Waals surface area contributed by atoms with E-state index < -0.39 is 0 Å². The van der Waals surface area contributed by atoms with E-state index in [1.54, 1.807) is 7.11 Å². The molecule has 0 aliphatic carbocycles. The highest BCUT2D eigenvalue weighted by Crippen LogP contribution is 2.16. The van der Waals surface area contributed by atoms with E-state index >= 15 is 0 Å². The molecule has 0 radical (unpaired) electrons. The smallest absolute Gasteiger partial charge is 0.225 e. The number of halogens is 1. The number of aryl methyl sites for hydroxylation is 1. The largest absolute Gasteiger partial charge is 0.497 e. The Bertz CT molecular complexity index is 507. The first-order chi connectivity index (χ1) is 8.74. The van der Waals surface area contributed by atoms with E-state index in [0.29, 0.717) is 11.8 Å². The Morgan fingerprint density at radius 3 is 2.56 bits per heavy atom. The van der Waals surface area contributed by atoms with Gasteiger partial charge in [-0.05, 0) is 35.7 Å². The van der Waals surface area contributed by atoms with Crippen molar-refractivity contribution in [3.05, 3.63) is 40.9 Å². The number of aromatic nitrogens is 3. The van der Waals surface area contributed by atoms with Gasteiger partial charge in [0.25, 0.3) is 0 Å². The molecule has 96 valence electrons. The zero-order valence-electron chi connectivity index (χ0n) is 10.6. The molecule has 4 nitrogen and oxygen atoms in total. The maximum absolute atomic E-state index is 6.05. The van der Waals surface area contributed by atoms with Crippen molar-refractivity contribution in [1.82, 2.24) is 14.8 Å². The van der Waals surface area contributed by atoms with Crippen molar-refractivity contribution < 1.29 is 4.74 Å². The van der Waals surface area contributed by atoms with Gasteiger partial charge in [0, 0.05) is 6.42 Å². The lowest BCUT2D eigenvalue weighted by Gasteiger charge is -2.08. The van der Waals surface area contributed by atoms with E-state index in [2.05, 4.69) is 17.1 Å². The number of benzene rings is 1. The van der Waals surface area contributed by atoms with E-state index in [-0.39, 0.29) is 0 Å². The molecular weight excluding hydrogens is 250 g/mol. The average Bonchev–Trinajstić information content (AvgIpc) is 2.73. The molecule has 0 bridgehead atoms. The van der Waals surface area contributed by atoms with Crippen LogP contribution in [0.5, 0.6) is 5.75 Å². The molecule has 0 aliphatic rings. The molecule has 0 fully saturated rings. The standard InChI is InChI=1S/C13H16ClN3O/c1-3-4-12-15-16-13(14)17(12)9-10-5-7-11(18-2)8-6-10/h5-8H,3-4,9H2,1-2H3. The van der Waals surface area contributed by atoms with E-state index in [0.717, 1.165) is 30.0 Å². The van der Waals surface area contributed by atoms with Crippen molar-refractivity contribution in [2.75, 3.05) is 7.11 Å². The molecule has 0 saturated heterocycles. The van der Waals surface area contributed by atoms with Crippen LogP contribution in [-0.2, 0) is 13.0 Å². The Labute approximate surface area is 112 Å². The summed E-state index contributed by atoms with van der Waals surface area (Å²) in [4.78, 5) is 0. The van der Waals surface area contributed by atoms with Crippen LogP contribution in [0.4, 0.5) is 0 Å². The first kappa shape index (κ1) is 12.9. The van der Waals surface area contributed by atoms with Gasteiger partial charge in [-0.25, -0.2) is 0 Å². The summed E-state index contributed by atoms with van der Waals surface area (Å²) in [5, 5.41) is 8.45. The normalized spacial score (nSPS) is 10.6. The van der Waals surface area contributed by atoms with Crippen LogP contribution in [0, 0.1) is 0 Å². The lowest BCUT2D eigenvalue weighted by atomic mass is 10.2. The number of ether oxygens (including phenoxy) is 1. The second-order valence-electron chi connectivity index (χ2n) is 4.07. The quantitative estimate of drug-likeness (QED) is 0.834. The third kappa shape index (κ3) is 2.82. The summed E-state index contributed by atoms with van der Waals surface area (Å²) in [7, 11) is 1.66. The monoisotopic (exact) mass is 265 g/mol. The van der Waals surface area contributed by atoms with E-state index in [1.165, 1.54) is 0 Å². The molecule has 1 aromatic carbocycles. The van der Waals surface area contributed by atoms with Crippen molar-refractivity contribution in [2.24, 2.45) is 0 Å². The molecule has 0 spiro atoms. The number of methoxy groups -OCH3 is 1. The summed E-state index contributed by atoms with van der Waals surface area (Å²) < 4.78 is 7.07. The molecule has 5 heteroatoms. The minimum Gasteiger partial charge on any atom is -0.497 e. The van der Waals surface area contributed by atoms with Crippen LogP contribution in [0.25, 0.3) is 0 Å². The van der Waals surface area contributed by atoms with Gasteiger partial charge in [-0.2, -0.15) is 0 Å². The minimum absolute atomic E-state index is 0.439. The fourth-order valence-corrected chi connectivity index (χ4v) is 1.99. The van der Waals surface area contributed by atoms with Gasteiger partial charge in [-0.3, -0.25) is 4.57 Å². The maximum atomic E-state index is 6.05. The molecule has 18 heavy (non-hydrogen) atoms. The highest BCUT2D eigenvalue weighted by Gasteiger charge is 2.09. The minimum atomic E-state index is 0.439. The SMILES string of the molecule is CCCc1nnc(Cl)n1Cc1ccc(OC)cc1. The van der Waals surface area contributed by atoms with Crippen LogP contribution in [0.3, 0.4) is 0 Å². The second-order valence-corrected chi connectivity index (χ2v) is 4.41. The Hall–Kier alpha value is -1.55. The summed E-state index contributed by atoms with van der Waals surface area (Å²) in [6, 6.07) is 7.91. The van der Waals surface area contributed by atoms with Crippen molar-refractivity contribution in [2.45, 2.75) is 26.3 Å². The van der Waals surface area contributed by atoms with Crippen molar-refractivity contribution in [3.8, 4) is 5.75 Å².